The summed E-state index contributed by atoms with van der Waals surface area (Å²) in [7, 11) is -9.83. The third kappa shape index (κ3) is 52.0. The first kappa shape index (κ1) is 28.2. The number of aliphatic hydroxyl groups is 1. The maximum absolute atomic E-state index is 10.1. The van der Waals surface area contributed by atoms with Crippen molar-refractivity contribution in [2.75, 3.05) is 0 Å². The van der Waals surface area contributed by atoms with Crippen LogP contribution in [0.15, 0.2) is 0 Å². The predicted molar refractivity (Wildman–Crippen MR) is 61.1 cm³/mol. The molecule has 0 rings (SSSR count). The van der Waals surface area contributed by atoms with Gasteiger partial charge < -0.3 is 19.3 Å². The van der Waals surface area contributed by atoms with Gasteiger partial charge in [0.1, 0.15) is 0 Å². The van der Waals surface area contributed by atoms with Crippen LogP contribution in [0.4, 0.5) is 0 Å². The van der Waals surface area contributed by atoms with Crippen LogP contribution < -0.4 is 0 Å². The van der Waals surface area contributed by atoms with E-state index in [0.717, 1.165) is 0 Å². The third-order valence-corrected chi connectivity index (χ3v) is 1.36. The van der Waals surface area contributed by atoms with Gasteiger partial charge in [-0.2, -0.15) is 0 Å². The Morgan fingerprint density at radius 3 is 1.40 bits per heavy atom. The van der Waals surface area contributed by atoms with Crippen molar-refractivity contribution >= 4 is 39.4 Å². The number of thiol groups is 1. The molecule has 0 aliphatic rings. The Labute approximate surface area is 131 Å². The molecule has 0 heterocycles. The van der Waals surface area contributed by atoms with Crippen LogP contribution in [-0.4, -0.2) is 56.2 Å². The molecule has 0 bridgehead atoms. The standard InChI is InChI=1S/C5H10O3S.Cu.2H2O4S/c1-2-3-5(8,9)4(6)7;;2*1-5(2,3)4/h8-9H,2-3H2,1H3,(H,6,7);;2*(H2,1,2,3,4)/q;+2;;/p-2. The van der Waals surface area contributed by atoms with Crippen molar-refractivity contribution < 1.29 is 67.1 Å². The summed E-state index contributed by atoms with van der Waals surface area (Å²) in [5, 5.41) is 17.1. The molecule has 11 nitrogen and oxygen atoms in total. The average molecular weight is 408 g/mol. The van der Waals surface area contributed by atoms with E-state index in [1.54, 1.807) is 6.92 Å². The number of rotatable bonds is 3. The first-order valence-corrected chi connectivity index (χ1v) is 7.23. The van der Waals surface area contributed by atoms with Crippen LogP contribution in [0.3, 0.4) is 0 Å². The normalized spacial score (nSPS) is 13.3. The van der Waals surface area contributed by atoms with Crippen molar-refractivity contribution in [2.45, 2.75) is 24.7 Å². The van der Waals surface area contributed by atoms with Gasteiger partial charge in [-0.3, -0.25) is 9.11 Å². The van der Waals surface area contributed by atoms with Gasteiger partial charge in [0, 0.05) is 0 Å². The van der Waals surface area contributed by atoms with E-state index in [-0.39, 0.29) is 23.5 Å². The largest absolute Gasteiger partial charge is 2.00 e. The van der Waals surface area contributed by atoms with E-state index in [2.05, 4.69) is 12.6 Å². The van der Waals surface area contributed by atoms with Gasteiger partial charge in [-0.15, -0.1) is 12.6 Å². The predicted octanol–water partition coefficient (Wildman–Crippen LogP) is -1.50. The molecular formula is C5H12CuO11S3. The monoisotopic (exact) mass is 407 g/mol. The summed E-state index contributed by atoms with van der Waals surface area (Å²) in [5.41, 5.74) is 0. The maximum Gasteiger partial charge on any atom is 2.00 e. The zero-order valence-electron chi connectivity index (χ0n) is 9.63. The van der Waals surface area contributed by atoms with Crippen molar-refractivity contribution in [3.8, 4) is 0 Å². The van der Waals surface area contributed by atoms with E-state index >= 15 is 0 Å². The molecular weight excluding hydrogens is 396 g/mol. The van der Waals surface area contributed by atoms with Gasteiger partial charge >= 0.3 is 23.0 Å². The van der Waals surface area contributed by atoms with Crippen LogP contribution >= 0.6 is 12.6 Å². The van der Waals surface area contributed by atoms with Gasteiger partial charge in [-0.25, -0.2) is 21.6 Å². The zero-order chi connectivity index (χ0) is 16.5. The fourth-order valence-corrected chi connectivity index (χ4v) is 0.679. The molecule has 4 N–H and O–H groups in total. The van der Waals surface area contributed by atoms with Crippen molar-refractivity contribution in [3.63, 3.8) is 0 Å². The topological polar surface area (TPSA) is 212 Å². The molecule has 127 valence electrons. The van der Waals surface area contributed by atoms with E-state index < -0.39 is 31.7 Å². The number of carboxylic acids is 1. The fourth-order valence-electron chi connectivity index (χ4n) is 0.456. The second kappa shape index (κ2) is 11.7. The van der Waals surface area contributed by atoms with Crippen LogP contribution in [0.5, 0.6) is 0 Å². The Morgan fingerprint density at radius 2 is 1.35 bits per heavy atom. The van der Waals surface area contributed by atoms with Crippen LogP contribution in [0.1, 0.15) is 19.8 Å². The number of carbonyl (C=O) groups is 1. The second-order valence-corrected chi connectivity index (χ2v) is 5.18. The summed E-state index contributed by atoms with van der Waals surface area (Å²) >= 11 is 3.52. The quantitative estimate of drug-likeness (QED) is 0.119. The molecule has 1 radical (unpaired) electrons. The summed E-state index contributed by atoms with van der Waals surface area (Å²) in [6.45, 7) is 1.78. The van der Waals surface area contributed by atoms with Crippen molar-refractivity contribution in [2.24, 2.45) is 0 Å². The van der Waals surface area contributed by atoms with Gasteiger partial charge in [0.15, 0.2) is 0 Å². The Kier molecular flexibility index (Phi) is 16.5. The van der Waals surface area contributed by atoms with E-state index in [1.165, 1.54) is 0 Å². The first-order chi connectivity index (χ1) is 8.00. The Balaban J connectivity index is -0.000000101. The third-order valence-electron chi connectivity index (χ3n) is 0.941. The van der Waals surface area contributed by atoms with Crippen molar-refractivity contribution in [1.82, 2.24) is 0 Å². The minimum Gasteiger partial charge on any atom is -0.726 e. The van der Waals surface area contributed by atoms with Crippen LogP contribution in [0, 0.1) is 0 Å². The molecule has 1 atom stereocenters. The van der Waals surface area contributed by atoms with E-state index in [4.69, 9.17) is 45.3 Å². The van der Waals surface area contributed by atoms with Gasteiger partial charge in [-0.05, 0) is 6.42 Å². The molecule has 0 aromatic heterocycles. The van der Waals surface area contributed by atoms with Gasteiger partial charge in [0.25, 0.3) is 0 Å². The number of hydrogen-bond acceptors (Lipinski definition) is 9. The van der Waals surface area contributed by atoms with Gasteiger partial charge in [0.05, 0.1) is 0 Å². The molecule has 0 aromatic carbocycles. The van der Waals surface area contributed by atoms with Crippen LogP contribution in [0.25, 0.3) is 0 Å². The molecule has 0 amide bonds. The van der Waals surface area contributed by atoms with Crippen LogP contribution in [-0.2, 0) is 42.7 Å². The molecule has 0 aromatic rings. The number of aliphatic carboxylic acids is 1. The molecule has 0 spiro atoms. The Bertz CT molecular complexity index is 406. The molecule has 15 heteroatoms. The zero-order valence-corrected chi connectivity index (χ0v) is 13.1. The molecule has 0 aliphatic heterocycles. The molecule has 0 aliphatic carbocycles. The van der Waals surface area contributed by atoms with Crippen molar-refractivity contribution in [3.05, 3.63) is 0 Å². The summed E-state index contributed by atoms with van der Waals surface area (Å²) < 4.78 is 65.7. The summed E-state index contributed by atoms with van der Waals surface area (Å²) in [6, 6.07) is 0. The van der Waals surface area contributed by atoms with E-state index in [1.807, 2.05) is 0 Å². The number of hydrogen-bond donors (Lipinski definition) is 5. The molecule has 1 unspecified atom stereocenters. The first-order valence-electron chi connectivity index (χ1n) is 4.05. The Morgan fingerprint density at radius 1 is 1.15 bits per heavy atom. The van der Waals surface area contributed by atoms with Gasteiger partial charge in [0.2, 0.25) is 25.7 Å². The minimum absolute atomic E-state index is 0. The SMILES string of the molecule is CCCC(O)(S)C(=O)O.O=S(=O)([O-])O.O=S(=O)([O-])O.[Cu+2]. The smallest absolute Gasteiger partial charge is 0.726 e. The Hall–Kier alpha value is 0.0395. The second-order valence-electron chi connectivity index (χ2n) is 2.73. The molecule has 0 saturated carbocycles. The summed E-state index contributed by atoms with van der Waals surface area (Å²) in [4.78, 5) is 8.25. The average Bonchev–Trinajstić information content (AvgIpc) is 1.96. The van der Waals surface area contributed by atoms with E-state index in [0.29, 0.717) is 6.42 Å². The number of carboxylic acid groups (broad SMARTS) is 1. The van der Waals surface area contributed by atoms with Gasteiger partial charge in [-0.1, -0.05) is 13.3 Å². The van der Waals surface area contributed by atoms with Crippen molar-refractivity contribution in [1.29, 1.82) is 0 Å². The minimum atomic E-state index is -4.92. The van der Waals surface area contributed by atoms with E-state index in [9.17, 15) is 4.79 Å². The molecule has 0 saturated heterocycles. The summed E-state index contributed by atoms with van der Waals surface area (Å²) in [6.07, 6.45) is 0.776. The fraction of sp³-hybridized carbons (Fsp3) is 0.800. The summed E-state index contributed by atoms with van der Waals surface area (Å²) in [5.74, 6) is -1.28. The molecule has 20 heavy (non-hydrogen) atoms. The van der Waals surface area contributed by atoms with Crippen LogP contribution in [0.2, 0.25) is 0 Å². The molecule has 0 fully saturated rings. The maximum atomic E-state index is 10.1.